The summed E-state index contributed by atoms with van der Waals surface area (Å²) in [5.74, 6) is 0.415. The molecule has 1 aliphatic rings. The number of carbonyl (C=O) groups is 2. The van der Waals surface area contributed by atoms with Crippen LogP contribution in [0.25, 0.3) is 0 Å². The van der Waals surface area contributed by atoms with Gasteiger partial charge in [-0.1, -0.05) is 42.5 Å². The van der Waals surface area contributed by atoms with Crippen LogP contribution in [-0.2, 0) is 4.79 Å². The first-order valence-corrected chi connectivity index (χ1v) is 11.0. The molecule has 154 valence electrons. The van der Waals surface area contributed by atoms with Gasteiger partial charge in [0.25, 0.3) is 5.91 Å². The molecular weight excluding hydrogens is 382 g/mol. The first-order valence-electron chi connectivity index (χ1n) is 10.1. The summed E-state index contributed by atoms with van der Waals surface area (Å²) in [7, 11) is 4.02. The Morgan fingerprint density at radius 3 is 2.38 bits per heavy atom. The van der Waals surface area contributed by atoms with Crippen molar-refractivity contribution in [3.8, 4) is 0 Å². The first kappa shape index (κ1) is 21.4. The van der Waals surface area contributed by atoms with E-state index in [4.69, 9.17) is 0 Å². The van der Waals surface area contributed by atoms with E-state index in [1.807, 2.05) is 61.5 Å². The number of carbonyl (C=O) groups excluding carboxylic acids is 2. The average Bonchev–Trinajstić information content (AvgIpc) is 3.28. The van der Waals surface area contributed by atoms with E-state index < -0.39 is 0 Å². The zero-order valence-corrected chi connectivity index (χ0v) is 18.0. The van der Waals surface area contributed by atoms with Gasteiger partial charge in [0.1, 0.15) is 0 Å². The molecule has 2 aromatic carbocycles. The number of thioether (sulfide) groups is 1. The van der Waals surface area contributed by atoms with E-state index in [2.05, 4.69) is 22.3 Å². The summed E-state index contributed by atoms with van der Waals surface area (Å²) in [5.41, 5.74) is 1.79. The molecule has 1 saturated heterocycles. The summed E-state index contributed by atoms with van der Waals surface area (Å²) in [5, 5.41) is 3.07. The Morgan fingerprint density at radius 1 is 1.03 bits per heavy atom. The van der Waals surface area contributed by atoms with E-state index in [-0.39, 0.29) is 17.9 Å². The van der Waals surface area contributed by atoms with Gasteiger partial charge in [-0.25, -0.2) is 0 Å². The summed E-state index contributed by atoms with van der Waals surface area (Å²) in [4.78, 5) is 30.1. The number of likely N-dealkylation sites (N-methyl/N-ethyl adjacent to an activating group) is 1. The lowest BCUT2D eigenvalue weighted by atomic mass is 10.1. The third kappa shape index (κ3) is 5.84. The highest BCUT2D eigenvalue weighted by Gasteiger charge is 2.20. The van der Waals surface area contributed by atoms with Crippen LogP contribution in [0.5, 0.6) is 0 Å². The zero-order chi connectivity index (χ0) is 20.6. The van der Waals surface area contributed by atoms with Crippen molar-refractivity contribution in [3.63, 3.8) is 0 Å². The van der Waals surface area contributed by atoms with Crippen molar-refractivity contribution >= 4 is 23.6 Å². The molecule has 6 heteroatoms. The minimum Gasteiger partial charge on any atom is -0.350 e. The maximum atomic E-state index is 12.9. The van der Waals surface area contributed by atoms with Gasteiger partial charge in [0.2, 0.25) is 5.91 Å². The normalized spacial score (nSPS) is 14.8. The molecule has 1 unspecified atom stereocenters. The van der Waals surface area contributed by atoms with Crippen molar-refractivity contribution in [1.82, 2.24) is 15.1 Å². The molecule has 0 aliphatic carbocycles. The lowest BCUT2D eigenvalue weighted by molar-refractivity contribution is -0.127. The number of amides is 2. The number of hydrogen-bond acceptors (Lipinski definition) is 4. The van der Waals surface area contributed by atoms with Crippen molar-refractivity contribution < 1.29 is 9.59 Å². The fourth-order valence-corrected chi connectivity index (χ4v) is 4.49. The van der Waals surface area contributed by atoms with Gasteiger partial charge in [-0.15, -0.1) is 11.8 Å². The smallest absolute Gasteiger partial charge is 0.252 e. The standard InChI is InChI=1S/C23H29N3O2S/c1-25(2)20(18-10-4-3-5-11-18)16-24-23(28)19-12-6-7-13-21(19)29-17-22(27)26-14-8-9-15-26/h3-7,10-13,20H,8-9,14-17H2,1-2H3,(H,24,28). The largest absolute Gasteiger partial charge is 0.350 e. The number of benzene rings is 2. The highest BCUT2D eigenvalue weighted by molar-refractivity contribution is 8.00. The monoisotopic (exact) mass is 411 g/mol. The molecule has 1 fully saturated rings. The zero-order valence-electron chi connectivity index (χ0n) is 17.1. The van der Waals surface area contributed by atoms with Gasteiger partial charge in [-0.3, -0.25) is 9.59 Å². The van der Waals surface area contributed by atoms with Crippen LogP contribution in [0.3, 0.4) is 0 Å². The second-order valence-corrected chi connectivity index (χ2v) is 8.49. The average molecular weight is 412 g/mol. The minimum atomic E-state index is -0.107. The number of nitrogens with one attached hydrogen (secondary N) is 1. The van der Waals surface area contributed by atoms with E-state index in [0.717, 1.165) is 36.4 Å². The Kier molecular flexibility index (Phi) is 7.72. The summed E-state index contributed by atoms with van der Waals surface area (Å²) in [6.45, 7) is 2.22. The van der Waals surface area contributed by atoms with Gasteiger partial charge in [-0.05, 0) is 44.6 Å². The van der Waals surface area contributed by atoms with Crippen LogP contribution in [0.1, 0.15) is 34.8 Å². The lowest BCUT2D eigenvalue weighted by Crippen LogP contribution is -2.34. The molecule has 0 radical (unpaired) electrons. The van der Waals surface area contributed by atoms with Gasteiger partial charge in [0, 0.05) is 24.5 Å². The molecule has 0 spiro atoms. The van der Waals surface area contributed by atoms with Gasteiger partial charge < -0.3 is 15.1 Å². The first-order chi connectivity index (χ1) is 14.1. The fourth-order valence-electron chi connectivity index (χ4n) is 3.54. The highest BCUT2D eigenvalue weighted by atomic mass is 32.2. The molecule has 1 heterocycles. The molecule has 1 N–H and O–H groups in total. The molecule has 0 aromatic heterocycles. The molecule has 5 nitrogen and oxygen atoms in total. The van der Waals surface area contributed by atoms with E-state index in [1.165, 1.54) is 11.8 Å². The summed E-state index contributed by atoms with van der Waals surface area (Å²) in [6, 6.07) is 17.8. The van der Waals surface area contributed by atoms with Crippen LogP contribution in [0.15, 0.2) is 59.5 Å². The van der Waals surface area contributed by atoms with Crippen LogP contribution in [-0.4, -0.2) is 61.1 Å². The summed E-state index contributed by atoms with van der Waals surface area (Å²) >= 11 is 1.44. The van der Waals surface area contributed by atoms with Crippen LogP contribution in [0.2, 0.25) is 0 Å². The predicted octanol–water partition coefficient (Wildman–Crippen LogP) is 3.43. The van der Waals surface area contributed by atoms with Crippen molar-refractivity contribution in [3.05, 3.63) is 65.7 Å². The molecule has 1 aliphatic heterocycles. The Morgan fingerprint density at radius 2 is 1.69 bits per heavy atom. The summed E-state index contributed by atoms with van der Waals surface area (Å²) in [6.07, 6.45) is 2.17. The topological polar surface area (TPSA) is 52.7 Å². The molecule has 29 heavy (non-hydrogen) atoms. The van der Waals surface area contributed by atoms with Crippen molar-refractivity contribution in [1.29, 1.82) is 0 Å². The van der Waals surface area contributed by atoms with E-state index >= 15 is 0 Å². The van der Waals surface area contributed by atoms with Crippen molar-refractivity contribution in [2.75, 3.05) is 39.5 Å². The van der Waals surface area contributed by atoms with Gasteiger partial charge in [0.05, 0.1) is 17.4 Å². The van der Waals surface area contributed by atoms with Crippen molar-refractivity contribution in [2.45, 2.75) is 23.8 Å². The Hall–Kier alpha value is -2.31. The van der Waals surface area contributed by atoms with Crippen LogP contribution >= 0.6 is 11.8 Å². The summed E-state index contributed by atoms with van der Waals surface area (Å²) < 4.78 is 0. The third-order valence-electron chi connectivity index (χ3n) is 5.21. The maximum Gasteiger partial charge on any atom is 0.252 e. The van der Waals surface area contributed by atoms with Gasteiger partial charge in [0.15, 0.2) is 0 Å². The number of hydrogen-bond donors (Lipinski definition) is 1. The molecule has 0 saturated carbocycles. The maximum absolute atomic E-state index is 12.9. The molecule has 2 aromatic rings. The van der Waals surface area contributed by atoms with Crippen LogP contribution < -0.4 is 5.32 Å². The van der Waals surface area contributed by atoms with Gasteiger partial charge in [-0.2, -0.15) is 0 Å². The van der Waals surface area contributed by atoms with Gasteiger partial charge >= 0.3 is 0 Å². The van der Waals surface area contributed by atoms with E-state index in [1.54, 1.807) is 0 Å². The fraction of sp³-hybridized carbons (Fsp3) is 0.391. The van der Waals surface area contributed by atoms with E-state index in [0.29, 0.717) is 17.9 Å². The Balaban J connectivity index is 1.62. The molecular formula is C23H29N3O2S. The van der Waals surface area contributed by atoms with E-state index in [9.17, 15) is 9.59 Å². The van der Waals surface area contributed by atoms with Crippen LogP contribution in [0, 0.1) is 0 Å². The van der Waals surface area contributed by atoms with Crippen molar-refractivity contribution in [2.24, 2.45) is 0 Å². The lowest BCUT2D eigenvalue weighted by Gasteiger charge is -2.25. The molecule has 0 bridgehead atoms. The Labute approximate surface area is 177 Å². The molecule has 1 atom stereocenters. The SMILES string of the molecule is CN(C)C(CNC(=O)c1ccccc1SCC(=O)N1CCCC1)c1ccccc1. The molecule has 2 amide bonds. The second-order valence-electron chi connectivity index (χ2n) is 7.47. The highest BCUT2D eigenvalue weighted by Crippen LogP contribution is 2.24. The number of rotatable bonds is 8. The number of nitrogens with zero attached hydrogens (tertiary/aromatic N) is 2. The predicted molar refractivity (Wildman–Crippen MR) is 118 cm³/mol. The third-order valence-corrected chi connectivity index (χ3v) is 6.26. The second kappa shape index (κ2) is 10.5. The quantitative estimate of drug-likeness (QED) is 0.676. The van der Waals surface area contributed by atoms with Crippen LogP contribution in [0.4, 0.5) is 0 Å². The Bertz CT molecular complexity index is 820. The number of likely N-dealkylation sites (tertiary alicyclic amines) is 1. The molecule has 3 rings (SSSR count). The minimum absolute atomic E-state index is 0.0942.